The molecule has 3 aromatic rings. The number of unbranched alkanes of at least 4 members (excludes halogenated alkanes) is 3. The zero-order valence-electron chi connectivity index (χ0n) is 24.7. The monoisotopic (exact) mass is 497 g/mol. The third kappa shape index (κ3) is 6.86. The topological polar surface area (TPSA) is 3.24 Å². The average Bonchev–Trinajstić information content (AvgIpc) is 2.96. The maximum atomic E-state index is 2.56. The van der Waals surface area contributed by atoms with E-state index >= 15 is 0 Å². The minimum Gasteiger partial charge on any atom is -0.336 e. The lowest BCUT2D eigenvalue weighted by Gasteiger charge is -2.42. The van der Waals surface area contributed by atoms with Crippen molar-refractivity contribution >= 4 is 11.4 Å². The first-order chi connectivity index (χ1) is 17.8. The van der Waals surface area contributed by atoms with E-state index in [-0.39, 0.29) is 11.0 Å². The third-order valence-electron chi connectivity index (χ3n) is 9.18. The lowest BCUT2D eigenvalue weighted by Crippen LogP contribution is -2.42. The number of anilines is 2. The molecule has 0 fully saturated rings. The van der Waals surface area contributed by atoms with Crippen LogP contribution in [0.15, 0.2) is 72.8 Å². The zero-order valence-corrected chi connectivity index (χ0v) is 24.7. The van der Waals surface area contributed by atoms with Gasteiger partial charge in [-0.05, 0) is 97.4 Å². The molecule has 0 aliphatic carbocycles. The van der Waals surface area contributed by atoms with Gasteiger partial charge in [0.2, 0.25) is 0 Å². The van der Waals surface area contributed by atoms with Gasteiger partial charge in [-0.3, -0.25) is 0 Å². The molecule has 0 aliphatic rings. The third-order valence-corrected chi connectivity index (χ3v) is 9.18. The maximum absolute atomic E-state index is 2.56. The van der Waals surface area contributed by atoms with Crippen molar-refractivity contribution in [1.29, 1.82) is 0 Å². The summed E-state index contributed by atoms with van der Waals surface area (Å²) in [6.45, 7) is 16.3. The van der Waals surface area contributed by atoms with E-state index in [0.29, 0.717) is 0 Å². The van der Waals surface area contributed by atoms with Gasteiger partial charge < -0.3 is 4.90 Å². The van der Waals surface area contributed by atoms with Crippen LogP contribution < -0.4 is 4.90 Å². The highest BCUT2D eigenvalue weighted by atomic mass is 15.2. The van der Waals surface area contributed by atoms with E-state index in [0.717, 1.165) is 12.8 Å². The minimum absolute atomic E-state index is 0.0660. The Balaban J connectivity index is 1.86. The average molecular weight is 498 g/mol. The van der Waals surface area contributed by atoms with Crippen molar-refractivity contribution in [3.63, 3.8) is 0 Å². The molecule has 0 saturated carbocycles. The molecule has 37 heavy (non-hydrogen) atoms. The summed E-state index contributed by atoms with van der Waals surface area (Å²) in [5.74, 6) is 0. The molecular formula is C36H51N. The van der Waals surface area contributed by atoms with Crippen molar-refractivity contribution in [1.82, 2.24) is 0 Å². The maximum Gasteiger partial charge on any atom is 0.0418 e. The molecular weight excluding hydrogens is 446 g/mol. The normalized spacial score (nSPS) is 12.1. The number of benzene rings is 3. The number of hydrogen-bond acceptors (Lipinski definition) is 1. The summed E-state index contributed by atoms with van der Waals surface area (Å²) in [5, 5.41) is 0. The van der Waals surface area contributed by atoms with Gasteiger partial charge in [-0.25, -0.2) is 0 Å². The molecule has 3 aromatic carbocycles. The SMILES string of the molecule is CCCCCCc1ccc(N(c2ccc(-c3ccc(C(C)(CC)CC)cc3)cc2)C(C)(CC)CC)cc1. The molecule has 0 N–H and O–H groups in total. The van der Waals surface area contributed by atoms with E-state index in [9.17, 15) is 0 Å². The Labute approximate surface area is 228 Å². The van der Waals surface area contributed by atoms with Gasteiger partial charge in [-0.2, -0.15) is 0 Å². The lowest BCUT2D eigenvalue weighted by molar-refractivity contribution is 0.428. The summed E-state index contributed by atoms with van der Waals surface area (Å²) >= 11 is 0. The van der Waals surface area contributed by atoms with E-state index in [4.69, 9.17) is 0 Å². The van der Waals surface area contributed by atoms with Crippen molar-refractivity contribution in [2.75, 3.05) is 4.90 Å². The first kappa shape index (κ1) is 29.0. The van der Waals surface area contributed by atoms with Crippen LogP contribution in [-0.4, -0.2) is 5.54 Å². The van der Waals surface area contributed by atoms with Gasteiger partial charge in [-0.1, -0.05) is 109 Å². The predicted molar refractivity (Wildman–Crippen MR) is 165 cm³/mol. The van der Waals surface area contributed by atoms with Gasteiger partial charge in [0.15, 0.2) is 0 Å². The Morgan fingerprint density at radius 1 is 0.541 bits per heavy atom. The molecule has 0 atom stereocenters. The summed E-state index contributed by atoms with van der Waals surface area (Å²) in [5.41, 5.74) is 8.36. The summed E-state index contributed by atoms with van der Waals surface area (Å²) in [6.07, 6.45) is 11.0. The van der Waals surface area contributed by atoms with E-state index < -0.39 is 0 Å². The van der Waals surface area contributed by atoms with Gasteiger partial charge in [-0.15, -0.1) is 0 Å². The van der Waals surface area contributed by atoms with Crippen LogP contribution >= 0.6 is 0 Å². The van der Waals surface area contributed by atoms with Crippen LogP contribution in [0.25, 0.3) is 11.1 Å². The van der Waals surface area contributed by atoms with Crippen molar-refractivity contribution in [3.8, 4) is 11.1 Å². The fraction of sp³-hybridized carbons (Fsp3) is 0.500. The van der Waals surface area contributed by atoms with Gasteiger partial charge in [0.25, 0.3) is 0 Å². The smallest absolute Gasteiger partial charge is 0.0418 e. The fourth-order valence-corrected chi connectivity index (χ4v) is 5.43. The lowest BCUT2D eigenvalue weighted by atomic mass is 9.77. The summed E-state index contributed by atoms with van der Waals surface area (Å²) in [6, 6.07) is 27.8. The van der Waals surface area contributed by atoms with Crippen LogP contribution in [0, 0.1) is 0 Å². The molecule has 0 saturated heterocycles. The summed E-state index contributed by atoms with van der Waals surface area (Å²) < 4.78 is 0. The molecule has 0 radical (unpaired) electrons. The Kier molecular flexibility index (Phi) is 10.4. The molecule has 0 spiro atoms. The summed E-state index contributed by atoms with van der Waals surface area (Å²) in [7, 11) is 0. The second kappa shape index (κ2) is 13.3. The van der Waals surface area contributed by atoms with Crippen LogP contribution in [0.1, 0.15) is 111 Å². The quantitative estimate of drug-likeness (QED) is 0.200. The van der Waals surface area contributed by atoms with Crippen LogP contribution in [0.2, 0.25) is 0 Å². The number of nitrogens with zero attached hydrogens (tertiary/aromatic N) is 1. The predicted octanol–water partition coefficient (Wildman–Crippen LogP) is 11.3. The Bertz CT molecular complexity index is 1050. The molecule has 0 bridgehead atoms. The first-order valence-electron chi connectivity index (χ1n) is 14.9. The highest BCUT2D eigenvalue weighted by Crippen LogP contribution is 2.39. The van der Waals surface area contributed by atoms with Crippen molar-refractivity contribution < 1.29 is 0 Å². The van der Waals surface area contributed by atoms with Gasteiger partial charge in [0.05, 0.1) is 0 Å². The molecule has 3 rings (SSSR count). The number of hydrogen-bond donors (Lipinski definition) is 0. The molecule has 0 unspecified atom stereocenters. The fourth-order valence-electron chi connectivity index (χ4n) is 5.43. The second-order valence-electron chi connectivity index (χ2n) is 11.4. The largest absolute Gasteiger partial charge is 0.336 e. The second-order valence-corrected chi connectivity index (χ2v) is 11.4. The van der Waals surface area contributed by atoms with Crippen LogP contribution in [-0.2, 0) is 11.8 Å². The highest BCUT2D eigenvalue weighted by molar-refractivity contribution is 5.71. The van der Waals surface area contributed by atoms with Crippen molar-refractivity contribution in [2.45, 2.75) is 117 Å². The van der Waals surface area contributed by atoms with Gasteiger partial charge in [0, 0.05) is 16.9 Å². The molecule has 200 valence electrons. The summed E-state index contributed by atoms with van der Waals surface area (Å²) in [4.78, 5) is 2.56. The van der Waals surface area contributed by atoms with Crippen LogP contribution in [0.5, 0.6) is 0 Å². The first-order valence-corrected chi connectivity index (χ1v) is 14.9. The highest BCUT2D eigenvalue weighted by Gasteiger charge is 2.30. The van der Waals surface area contributed by atoms with E-state index in [1.54, 1.807) is 0 Å². The molecule has 1 heteroatoms. The standard InChI is InChI=1S/C36H51N/c1-8-13-14-15-16-29-17-25-33(26-18-29)37(36(7,11-4)12-5)34-27-21-31(22-28-34)30-19-23-32(24-20-30)35(6,9-2)10-3/h17-28H,8-16H2,1-7H3. The minimum atomic E-state index is 0.0660. The molecule has 0 aromatic heterocycles. The van der Waals surface area contributed by atoms with E-state index in [1.165, 1.54) is 78.6 Å². The van der Waals surface area contributed by atoms with E-state index in [1.807, 2.05) is 0 Å². The Morgan fingerprint density at radius 2 is 1.03 bits per heavy atom. The zero-order chi connectivity index (χ0) is 26.9. The molecule has 0 aliphatic heterocycles. The van der Waals surface area contributed by atoms with Gasteiger partial charge >= 0.3 is 0 Å². The molecule has 0 amide bonds. The number of rotatable bonds is 14. The van der Waals surface area contributed by atoms with Gasteiger partial charge in [0.1, 0.15) is 0 Å². The number of aryl methyl sites for hydroxylation is 1. The van der Waals surface area contributed by atoms with Crippen LogP contribution in [0.4, 0.5) is 11.4 Å². The molecule has 0 heterocycles. The van der Waals surface area contributed by atoms with E-state index in [2.05, 4.69) is 126 Å². The molecule has 1 nitrogen and oxygen atoms in total. The van der Waals surface area contributed by atoms with Crippen molar-refractivity contribution in [3.05, 3.63) is 83.9 Å². The Hall–Kier alpha value is -2.54. The Morgan fingerprint density at radius 3 is 1.49 bits per heavy atom. The van der Waals surface area contributed by atoms with Crippen molar-refractivity contribution in [2.24, 2.45) is 0 Å². The van der Waals surface area contributed by atoms with Crippen LogP contribution in [0.3, 0.4) is 0 Å².